The van der Waals surface area contributed by atoms with Gasteiger partial charge < -0.3 is 20.3 Å². The summed E-state index contributed by atoms with van der Waals surface area (Å²) in [6.07, 6.45) is 52.4. The van der Waals surface area contributed by atoms with E-state index < -0.39 is 18.2 Å². The number of carbonyl (C=O) groups is 2. The summed E-state index contributed by atoms with van der Waals surface area (Å²) in [5.74, 6) is -0.472. The van der Waals surface area contributed by atoms with Gasteiger partial charge in [-0.3, -0.25) is 9.59 Å². The molecule has 0 aliphatic heterocycles. The van der Waals surface area contributed by atoms with Crippen LogP contribution in [0.25, 0.3) is 0 Å². The summed E-state index contributed by atoms with van der Waals surface area (Å²) in [5.41, 5.74) is 0. The monoisotopic (exact) mass is 818 g/mol. The molecule has 342 valence electrons. The number of allylic oxidation sites excluding steroid dienone is 4. The first-order valence-electron chi connectivity index (χ1n) is 25.6. The Hall–Kier alpha value is -1.66. The minimum atomic E-state index is -0.783. The zero-order valence-electron chi connectivity index (χ0n) is 38.9. The molecule has 6 nitrogen and oxygen atoms in total. The standard InChI is InChI=1S/C52H99NO5/c1-4-7-10-13-16-19-21-23-24-25-26-28-30-33-36-39-42-45-52(57)58-48(43-40-37-34-31-18-15-12-9-6-3)46-51(56)53-49(47-54)50(55)44-41-38-35-32-29-27-22-20-17-14-11-8-5-2/h16,19,23-24,48-50,54-55H,4-15,17-18,20-22,25-47H2,1-3H3,(H,53,56)/b19-16-,24-23-. The normalized spacial score (nSPS) is 13.4. The average molecular weight is 818 g/mol. The number of hydrogen-bond donors (Lipinski definition) is 3. The molecule has 0 aliphatic carbocycles. The van der Waals surface area contributed by atoms with Gasteiger partial charge in [0.15, 0.2) is 0 Å². The lowest BCUT2D eigenvalue weighted by Gasteiger charge is -2.24. The van der Waals surface area contributed by atoms with Crippen molar-refractivity contribution in [2.45, 2.75) is 289 Å². The van der Waals surface area contributed by atoms with Crippen molar-refractivity contribution in [1.29, 1.82) is 0 Å². The number of nitrogens with one attached hydrogen (secondary N) is 1. The van der Waals surface area contributed by atoms with E-state index in [1.54, 1.807) is 0 Å². The van der Waals surface area contributed by atoms with Gasteiger partial charge in [0.2, 0.25) is 5.91 Å². The van der Waals surface area contributed by atoms with E-state index in [1.807, 2.05) is 0 Å². The van der Waals surface area contributed by atoms with E-state index in [0.29, 0.717) is 19.3 Å². The smallest absolute Gasteiger partial charge is 0.306 e. The molecule has 0 radical (unpaired) electrons. The number of hydrogen-bond acceptors (Lipinski definition) is 5. The predicted molar refractivity (Wildman–Crippen MR) is 250 cm³/mol. The van der Waals surface area contributed by atoms with E-state index in [0.717, 1.165) is 57.8 Å². The first-order valence-corrected chi connectivity index (χ1v) is 25.6. The van der Waals surface area contributed by atoms with Crippen LogP contribution in [0.3, 0.4) is 0 Å². The minimum absolute atomic E-state index is 0.0790. The van der Waals surface area contributed by atoms with E-state index in [-0.39, 0.29) is 24.9 Å². The van der Waals surface area contributed by atoms with E-state index >= 15 is 0 Å². The molecule has 0 spiro atoms. The second kappa shape index (κ2) is 46.4. The van der Waals surface area contributed by atoms with Gasteiger partial charge in [0.25, 0.3) is 0 Å². The van der Waals surface area contributed by atoms with Gasteiger partial charge >= 0.3 is 5.97 Å². The number of unbranched alkanes of at least 4 members (excludes halogenated alkanes) is 30. The summed E-state index contributed by atoms with van der Waals surface area (Å²) in [6.45, 7) is 6.45. The van der Waals surface area contributed by atoms with E-state index in [4.69, 9.17) is 4.74 Å². The molecule has 3 atom stereocenters. The van der Waals surface area contributed by atoms with Gasteiger partial charge in [-0.05, 0) is 57.8 Å². The second-order valence-electron chi connectivity index (χ2n) is 17.6. The van der Waals surface area contributed by atoms with Gasteiger partial charge in [-0.25, -0.2) is 0 Å². The molecule has 0 aliphatic rings. The molecule has 0 aromatic carbocycles. The number of aliphatic hydroxyl groups excluding tert-OH is 2. The molecule has 0 bridgehead atoms. The molecule has 0 aromatic rings. The summed E-state index contributed by atoms with van der Waals surface area (Å²) >= 11 is 0. The van der Waals surface area contributed by atoms with Crippen LogP contribution in [0.1, 0.15) is 271 Å². The average Bonchev–Trinajstić information content (AvgIpc) is 3.22. The van der Waals surface area contributed by atoms with Gasteiger partial charge in [0.05, 0.1) is 25.2 Å². The van der Waals surface area contributed by atoms with Crippen LogP contribution >= 0.6 is 0 Å². The van der Waals surface area contributed by atoms with Crippen LogP contribution in [0.4, 0.5) is 0 Å². The Balaban J connectivity index is 4.45. The second-order valence-corrected chi connectivity index (χ2v) is 17.6. The van der Waals surface area contributed by atoms with Gasteiger partial charge in [-0.15, -0.1) is 0 Å². The molecule has 3 N–H and O–H groups in total. The molecule has 0 saturated carbocycles. The third kappa shape index (κ3) is 41.1. The SMILES string of the molecule is CCCCC/C=C\C/C=C\CCCCCCCCCC(=O)OC(CCCCCCCCCCC)CC(=O)NC(CO)C(O)CCCCCCCCCCCCCCC. The van der Waals surface area contributed by atoms with Crippen LogP contribution in [0.15, 0.2) is 24.3 Å². The number of esters is 1. The van der Waals surface area contributed by atoms with Crippen LogP contribution in [0.2, 0.25) is 0 Å². The van der Waals surface area contributed by atoms with Crippen LogP contribution in [0, 0.1) is 0 Å². The first kappa shape index (κ1) is 56.3. The maximum absolute atomic E-state index is 13.2. The summed E-state index contributed by atoms with van der Waals surface area (Å²) in [4.78, 5) is 26.1. The van der Waals surface area contributed by atoms with Gasteiger partial charge in [0.1, 0.15) is 6.10 Å². The maximum atomic E-state index is 13.2. The zero-order chi connectivity index (χ0) is 42.4. The maximum Gasteiger partial charge on any atom is 0.306 e. The molecular weight excluding hydrogens is 719 g/mol. The number of carbonyl (C=O) groups excluding carboxylic acids is 2. The van der Waals surface area contributed by atoms with Crippen molar-refractivity contribution >= 4 is 11.9 Å². The fraction of sp³-hybridized carbons (Fsp3) is 0.885. The third-order valence-corrected chi connectivity index (χ3v) is 11.8. The fourth-order valence-electron chi connectivity index (χ4n) is 7.87. The van der Waals surface area contributed by atoms with Crippen molar-refractivity contribution in [3.63, 3.8) is 0 Å². The minimum Gasteiger partial charge on any atom is -0.462 e. The summed E-state index contributed by atoms with van der Waals surface area (Å²) in [5, 5.41) is 23.7. The Kier molecular flexibility index (Phi) is 45.1. The van der Waals surface area contributed by atoms with E-state index in [1.165, 1.54) is 167 Å². The number of rotatable bonds is 46. The summed E-state index contributed by atoms with van der Waals surface area (Å²) < 4.78 is 5.92. The Labute approximate surface area is 361 Å². The highest BCUT2D eigenvalue weighted by Crippen LogP contribution is 2.18. The predicted octanol–water partition coefficient (Wildman–Crippen LogP) is 15.1. The molecule has 3 unspecified atom stereocenters. The lowest BCUT2D eigenvalue weighted by Crippen LogP contribution is -2.46. The lowest BCUT2D eigenvalue weighted by atomic mass is 10.0. The molecule has 0 rings (SSSR count). The van der Waals surface area contributed by atoms with Gasteiger partial charge in [-0.2, -0.15) is 0 Å². The Morgan fingerprint density at radius 3 is 1.34 bits per heavy atom. The van der Waals surface area contributed by atoms with Crippen molar-refractivity contribution in [2.24, 2.45) is 0 Å². The Morgan fingerprint density at radius 2 is 0.879 bits per heavy atom. The zero-order valence-corrected chi connectivity index (χ0v) is 38.9. The molecule has 58 heavy (non-hydrogen) atoms. The Morgan fingerprint density at radius 1 is 0.500 bits per heavy atom. The lowest BCUT2D eigenvalue weighted by molar-refractivity contribution is -0.151. The van der Waals surface area contributed by atoms with Crippen LogP contribution < -0.4 is 5.32 Å². The highest BCUT2D eigenvalue weighted by atomic mass is 16.5. The molecule has 0 saturated heterocycles. The topological polar surface area (TPSA) is 95.9 Å². The van der Waals surface area contributed by atoms with Gasteiger partial charge in [-0.1, -0.05) is 225 Å². The molecule has 1 amide bonds. The van der Waals surface area contributed by atoms with Crippen LogP contribution in [-0.4, -0.2) is 46.9 Å². The van der Waals surface area contributed by atoms with E-state index in [2.05, 4.69) is 50.4 Å². The largest absolute Gasteiger partial charge is 0.462 e. The fourth-order valence-corrected chi connectivity index (χ4v) is 7.87. The Bertz CT molecular complexity index is 919. The number of amides is 1. The van der Waals surface area contributed by atoms with Crippen molar-refractivity contribution in [1.82, 2.24) is 5.32 Å². The highest BCUT2D eigenvalue weighted by molar-refractivity contribution is 5.77. The van der Waals surface area contributed by atoms with Gasteiger partial charge in [0, 0.05) is 6.42 Å². The van der Waals surface area contributed by atoms with Crippen LogP contribution in [0.5, 0.6) is 0 Å². The molecule has 0 aromatic heterocycles. The molecule has 0 heterocycles. The van der Waals surface area contributed by atoms with Crippen LogP contribution in [-0.2, 0) is 14.3 Å². The molecule has 0 fully saturated rings. The molecule has 6 heteroatoms. The van der Waals surface area contributed by atoms with Crippen molar-refractivity contribution in [3.05, 3.63) is 24.3 Å². The third-order valence-electron chi connectivity index (χ3n) is 11.8. The molecular formula is C52H99NO5. The summed E-state index contributed by atoms with van der Waals surface area (Å²) in [7, 11) is 0. The number of ether oxygens (including phenoxy) is 1. The van der Waals surface area contributed by atoms with Crippen molar-refractivity contribution in [3.8, 4) is 0 Å². The summed E-state index contributed by atoms with van der Waals surface area (Å²) in [6, 6.07) is -0.697. The first-order chi connectivity index (χ1) is 28.5. The van der Waals surface area contributed by atoms with E-state index in [9.17, 15) is 19.8 Å². The number of aliphatic hydroxyl groups is 2. The quantitative estimate of drug-likeness (QED) is 0.0323. The highest BCUT2D eigenvalue weighted by Gasteiger charge is 2.24. The van der Waals surface area contributed by atoms with Crippen molar-refractivity contribution in [2.75, 3.05) is 6.61 Å². The van der Waals surface area contributed by atoms with Crippen molar-refractivity contribution < 1.29 is 24.5 Å².